The van der Waals surface area contributed by atoms with Crippen LogP contribution in [0.4, 0.5) is 11.4 Å². The van der Waals surface area contributed by atoms with Gasteiger partial charge in [-0.3, -0.25) is 4.98 Å². The van der Waals surface area contributed by atoms with Crippen molar-refractivity contribution >= 4 is 32.1 Å². The highest BCUT2D eigenvalue weighted by atomic mass is 32.2. The summed E-state index contributed by atoms with van der Waals surface area (Å²) in [5.41, 5.74) is 4.56. The Kier molecular flexibility index (Phi) is 4.39. The van der Waals surface area contributed by atoms with Crippen molar-refractivity contribution in [1.82, 2.24) is 4.98 Å². The number of sulfone groups is 1. The first-order chi connectivity index (χ1) is 11.8. The summed E-state index contributed by atoms with van der Waals surface area (Å²) in [6.07, 6.45) is 2.90. The quantitative estimate of drug-likeness (QED) is 0.765. The van der Waals surface area contributed by atoms with Gasteiger partial charge in [0.15, 0.2) is 9.84 Å². The van der Waals surface area contributed by atoms with Gasteiger partial charge >= 0.3 is 0 Å². The van der Waals surface area contributed by atoms with E-state index in [2.05, 4.69) is 10.3 Å². The van der Waals surface area contributed by atoms with Gasteiger partial charge in [0.1, 0.15) is 5.75 Å². The molecule has 0 radical (unpaired) electrons. The first-order valence-electron chi connectivity index (χ1n) is 7.80. The summed E-state index contributed by atoms with van der Waals surface area (Å²) >= 11 is 0. The Morgan fingerprint density at radius 2 is 1.76 bits per heavy atom. The summed E-state index contributed by atoms with van der Waals surface area (Å²) in [5, 5.41) is 4.14. The summed E-state index contributed by atoms with van der Waals surface area (Å²) in [4.78, 5) is 4.59. The number of nitrogens with zero attached hydrogens (tertiary/aromatic N) is 1. The van der Waals surface area contributed by atoms with E-state index in [0.717, 1.165) is 39.2 Å². The smallest absolute Gasteiger partial charge is 0.175 e. The Hall–Kier alpha value is -2.60. The monoisotopic (exact) mass is 356 g/mol. The largest absolute Gasteiger partial charge is 0.496 e. The Balaban J connectivity index is 2.13. The van der Waals surface area contributed by atoms with Crippen molar-refractivity contribution in [3.05, 3.63) is 53.7 Å². The second-order valence-electron chi connectivity index (χ2n) is 6.07. The first-order valence-corrected chi connectivity index (χ1v) is 9.70. The predicted octanol–water partition coefficient (Wildman–Crippen LogP) is 4.01. The van der Waals surface area contributed by atoms with Crippen molar-refractivity contribution in [1.29, 1.82) is 0 Å². The summed E-state index contributed by atoms with van der Waals surface area (Å²) in [6, 6.07) is 10.8. The number of nitrogens with one attached hydrogen (secondary N) is 1. The fourth-order valence-electron chi connectivity index (χ4n) is 2.80. The number of rotatable bonds is 4. The Bertz CT molecular complexity index is 1060. The third-order valence-electron chi connectivity index (χ3n) is 4.15. The van der Waals surface area contributed by atoms with E-state index in [9.17, 15) is 8.42 Å². The van der Waals surface area contributed by atoms with Crippen molar-refractivity contribution < 1.29 is 13.2 Å². The maximum absolute atomic E-state index is 11.9. The molecular weight excluding hydrogens is 336 g/mol. The highest BCUT2D eigenvalue weighted by Gasteiger charge is 2.12. The normalized spacial score (nSPS) is 11.5. The fraction of sp³-hybridized carbons (Fsp3) is 0.211. The Labute approximate surface area is 147 Å². The molecule has 3 rings (SSSR count). The molecule has 1 aromatic heterocycles. The highest BCUT2D eigenvalue weighted by molar-refractivity contribution is 7.90. The zero-order chi connectivity index (χ0) is 18.2. The van der Waals surface area contributed by atoms with E-state index in [0.29, 0.717) is 0 Å². The predicted molar refractivity (Wildman–Crippen MR) is 101 cm³/mol. The van der Waals surface area contributed by atoms with Gasteiger partial charge in [0.2, 0.25) is 0 Å². The summed E-state index contributed by atoms with van der Waals surface area (Å²) in [5.74, 6) is 0.795. The van der Waals surface area contributed by atoms with Gasteiger partial charge in [0, 0.05) is 35.3 Å². The number of fused-ring (bicyclic) bond motifs is 1. The van der Waals surface area contributed by atoms with Gasteiger partial charge in [-0.05, 0) is 49.2 Å². The van der Waals surface area contributed by atoms with Crippen molar-refractivity contribution in [2.45, 2.75) is 18.7 Å². The Morgan fingerprint density at radius 1 is 1.00 bits per heavy atom. The van der Waals surface area contributed by atoms with E-state index in [4.69, 9.17) is 4.74 Å². The van der Waals surface area contributed by atoms with Crippen LogP contribution in [0.1, 0.15) is 11.1 Å². The van der Waals surface area contributed by atoms with E-state index < -0.39 is 9.84 Å². The number of ether oxygens (including phenoxy) is 1. The molecule has 0 amide bonds. The van der Waals surface area contributed by atoms with Crippen LogP contribution >= 0.6 is 0 Å². The number of aromatic nitrogens is 1. The van der Waals surface area contributed by atoms with Crippen molar-refractivity contribution in [3.63, 3.8) is 0 Å². The van der Waals surface area contributed by atoms with E-state index in [1.807, 2.05) is 32.0 Å². The molecule has 0 aliphatic rings. The summed E-state index contributed by atoms with van der Waals surface area (Å²) in [7, 11) is -1.64. The van der Waals surface area contributed by atoms with Gasteiger partial charge in [0.05, 0.1) is 17.5 Å². The minimum absolute atomic E-state index is 0.272. The molecule has 0 unspecified atom stereocenters. The van der Waals surface area contributed by atoms with Crippen LogP contribution in [-0.4, -0.2) is 26.8 Å². The van der Waals surface area contributed by atoms with Gasteiger partial charge in [-0.2, -0.15) is 0 Å². The molecule has 1 heterocycles. The number of benzene rings is 2. The van der Waals surface area contributed by atoms with Crippen LogP contribution in [0.25, 0.3) is 10.9 Å². The topological polar surface area (TPSA) is 68.3 Å². The molecule has 3 aromatic rings. The van der Waals surface area contributed by atoms with Crippen LogP contribution in [-0.2, 0) is 9.84 Å². The number of pyridine rings is 1. The molecule has 0 saturated carbocycles. The number of anilines is 2. The second kappa shape index (κ2) is 6.37. The van der Waals surface area contributed by atoms with Gasteiger partial charge < -0.3 is 10.1 Å². The lowest BCUT2D eigenvalue weighted by atomic mass is 10.1. The number of hydrogen-bond acceptors (Lipinski definition) is 5. The minimum atomic E-state index is -3.28. The maximum atomic E-state index is 11.9. The van der Waals surface area contributed by atoms with Crippen LogP contribution in [0.15, 0.2) is 47.5 Å². The highest BCUT2D eigenvalue weighted by Crippen LogP contribution is 2.32. The molecule has 1 N–H and O–H groups in total. The fourth-order valence-corrected chi connectivity index (χ4v) is 3.44. The van der Waals surface area contributed by atoms with Crippen LogP contribution in [0.5, 0.6) is 5.75 Å². The van der Waals surface area contributed by atoms with Crippen molar-refractivity contribution in [2.24, 2.45) is 0 Å². The lowest BCUT2D eigenvalue weighted by molar-refractivity contribution is 0.412. The average molecular weight is 356 g/mol. The SMILES string of the molecule is COc1cc(Nc2ccnc3ccc(S(C)(=O)=O)cc23)c(C)cc1C. The molecule has 0 spiro atoms. The van der Waals surface area contributed by atoms with E-state index in [1.165, 1.54) is 6.26 Å². The molecule has 5 nitrogen and oxygen atoms in total. The van der Waals surface area contributed by atoms with Crippen LogP contribution in [0.3, 0.4) is 0 Å². The standard InChI is InChI=1S/C19H20N2O3S/c1-12-9-13(2)19(24-3)11-18(12)21-17-7-8-20-16-6-5-14(10-15(16)17)25(4,22)23/h5-11H,1-4H3,(H,20,21). The van der Waals surface area contributed by atoms with Crippen LogP contribution in [0.2, 0.25) is 0 Å². The molecule has 0 fully saturated rings. The molecule has 0 bridgehead atoms. The maximum Gasteiger partial charge on any atom is 0.175 e. The second-order valence-corrected chi connectivity index (χ2v) is 8.09. The molecule has 130 valence electrons. The van der Waals surface area contributed by atoms with Crippen LogP contribution in [0, 0.1) is 13.8 Å². The number of aryl methyl sites for hydroxylation is 2. The summed E-state index contributed by atoms with van der Waals surface area (Å²) < 4.78 is 29.1. The number of hydrogen-bond donors (Lipinski definition) is 1. The van der Waals surface area contributed by atoms with Gasteiger partial charge in [-0.25, -0.2) is 8.42 Å². The lowest BCUT2D eigenvalue weighted by Gasteiger charge is -2.15. The lowest BCUT2D eigenvalue weighted by Crippen LogP contribution is -2.00. The van der Waals surface area contributed by atoms with E-state index in [1.54, 1.807) is 31.5 Å². The third-order valence-corrected chi connectivity index (χ3v) is 5.26. The van der Waals surface area contributed by atoms with Crippen LogP contribution < -0.4 is 10.1 Å². The number of methoxy groups -OCH3 is 1. The molecule has 0 aliphatic carbocycles. The molecule has 0 aliphatic heterocycles. The molecule has 6 heteroatoms. The van der Waals surface area contributed by atoms with Crippen molar-refractivity contribution in [3.8, 4) is 5.75 Å². The third kappa shape index (κ3) is 3.44. The van der Waals surface area contributed by atoms with Gasteiger partial charge in [-0.1, -0.05) is 6.07 Å². The van der Waals surface area contributed by atoms with Crippen molar-refractivity contribution in [2.75, 3.05) is 18.7 Å². The van der Waals surface area contributed by atoms with Gasteiger partial charge in [-0.15, -0.1) is 0 Å². The Morgan fingerprint density at radius 3 is 2.44 bits per heavy atom. The average Bonchev–Trinajstić information content (AvgIpc) is 2.56. The molecular formula is C19H20N2O3S. The van der Waals surface area contributed by atoms with E-state index in [-0.39, 0.29) is 4.90 Å². The zero-order valence-corrected chi connectivity index (χ0v) is 15.4. The first kappa shape index (κ1) is 17.2. The molecule has 25 heavy (non-hydrogen) atoms. The molecule has 0 atom stereocenters. The van der Waals surface area contributed by atoms with Gasteiger partial charge in [0.25, 0.3) is 0 Å². The minimum Gasteiger partial charge on any atom is -0.496 e. The zero-order valence-electron chi connectivity index (χ0n) is 14.6. The van der Waals surface area contributed by atoms with E-state index >= 15 is 0 Å². The summed E-state index contributed by atoms with van der Waals surface area (Å²) in [6.45, 7) is 4.01. The molecule has 2 aromatic carbocycles. The molecule has 0 saturated heterocycles.